The maximum Gasteiger partial charge on any atom is 0.320 e. The molecule has 0 radical (unpaired) electrons. The van der Waals surface area contributed by atoms with Crippen molar-refractivity contribution in [2.24, 2.45) is 5.73 Å². The molecule has 0 saturated heterocycles. The van der Waals surface area contributed by atoms with Gasteiger partial charge in [-0.2, -0.15) is 0 Å². The second kappa shape index (κ2) is 4.87. The molecule has 0 aromatic heterocycles. The van der Waals surface area contributed by atoms with Gasteiger partial charge in [-0.05, 0) is 13.3 Å². The molecule has 4 heteroatoms. The fraction of sp³-hybridized carbons (Fsp3) is 0.571. The zero-order valence-electron chi connectivity index (χ0n) is 6.45. The van der Waals surface area contributed by atoms with Gasteiger partial charge in [0.25, 0.3) is 0 Å². The van der Waals surface area contributed by atoms with E-state index in [1.807, 2.05) is 0 Å². The first-order chi connectivity index (χ1) is 5.07. The van der Waals surface area contributed by atoms with Crippen molar-refractivity contribution in [3.8, 4) is 0 Å². The Hall–Kier alpha value is -0.870. The van der Waals surface area contributed by atoms with Gasteiger partial charge in [-0.25, -0.2) is 0 Å². The number of aliphatic hydroxyl groups excluding tert-OH is 1. The molecular weight excluding hydrogens is 146 g/mol. The molecule has 0 rings (SSSR count). The molecular formula is C7H13NO3. The summed E-state index contributed by atoms with van der Waals surface area (Å²) in [6, 6.07) is -0.864. The van der Waals surface area contributed by atoms with E-state index in [1.165, 1.54) is 0 Å². The van der Waals surface area contributed by atoms with Gasteiger partial charge in [-0.15, -0.1) is 0 Å². The van der Waals surface area contributed by atoms with E-state index in [-0.39, 0.29) is 13.0 Å². The van der Waals surface area contributed by atoms with Crippen LogP contribution in [0.5, 0.6) is 0 Å². The normalized spacial score (nSPS) is 14.6. The number of nitrogens with two attached hydrogens (primary N) is 1. The van der Waals surface area contributed by atoms with Crippen molar-refractivity contribution in [2.45, 2.75) is 19.4 Å². The van der Waals surface area contributed by atoms with E-state index in [2.05, 4.69) is 0 Å². The van der Waals surface area contributed by atoms with Crippen molar-refractivity contribution in [2.75, 3.05) is 6.61 Å². The summed E-state index contributed by atoms with van der Waals surface area (Å²) >= 11 is 0. The highest BCUT2D eigenvalue weighted by Crippen LogP contribution is 1.96. The molecule has 11 heavy (non-hydrogen) atoms. The first-order valence-corrected chi connectivity index (χ1v) is 3.32. The minimum absolute atomic E-state index is 0.0493. The van der Waals surface area contributed by atoms with Crippen LogP contribution >= 0.6 is 0 Å². The largest absolute Gasteiger partial charge is 0.480 e. The molecule has 0 aliphatic rings. The van der Waals surface area contributed by atoms with Crippen molar-refractivity contribution in [3.63, 3.8) is 0 Å². The van der Waals surface area contributed by atoms with Crippen molar-refractivity contribution in [3.05, 3.63) is 11.6 Å². The Kier molecular flexibility index (Phi) is 4.49. The fourth-order valence-electron chi connectivity index (χ4n) is 0.494. The van der Waals surface area contributed by atoms with Crippen LogP contribution in [0.4, 0.5) is 0 Å². The molecule has 4 nitrogen and oxygen atoms in total. The molecule has 0 aliphatic carbocycles. The van der Waals surface area contributed by atoms with Gasteiger partial charge in [-0.3, -0.25) is 4.79 Å². The molecule has 0 unspecified atom stereocenters. The predicted octanol–water partition coefficient (Wildman–Crippen LogP) is -0.273. The van der Waals surface area contributed by atoms with Gasteiger partial charge < -0.3 is 15.9 Å². The highest BCUT2D eigenvalue weighted by Gasteiger charge is 2.08. The Bertz CT molecular complexity index is 165. The van der Waals surface area contributed by atoms with Crippen molar-refractivity contribution in [1.29, 1.82) is 0 Å². The number of carboxylic acid groups (broad SMARTS) is 1. The molecule has 0 amide bonds. The number of aliphatic carboxylic acids is 1. The van der Waals surface area contributed by atoms with Crippen LogP contribution < -0.4 is 5.73 Å². The lowest BCUT2D eigenvalue weighted by molar-refractivity contribution is -0.138. The number of hydrogen-bond acceptors (Lipinski definition) is 3. The van der Waals surface area contributed by atoms with Crippen LogP contribution in [0.3, 0.4) is 0 Å². The average Bonchev–Trinajstić information content (AvgIpc) is 1.99. The Morgan fingerprint density at radius 3 is 2.64 bits per heavy atom. The fourth-order valence-corrected chi connectivity index (χ4v) is 0.494. The van der Waals surface area contributed by atoms with E-state index in [4.69, 9.17) is 15.9 Å². The van der Waals surface area contributed by atoms with E-state index in [0.717, 1.165) is 5.57 Å². The Labute approximate surface area is 65.3 Å². The molecule has 0 aromatic carbocycles. The van der Waals surface area contributed by atoms with Gasteiger partial charge in [0.15, 0.2) is 0 Å². The quantitative estimate of drug-likeness (QED) is 0.493. The van der Waals surface area contributed by atoms with Crippen LogP contribution in [0.15, 0.2) is 11.6 Å². The highest BCUT2D eigenvalue weighted by molar-refractivity contribution is 5.73. The number of carboxylic acids is 1. The first kappa shape index (κ1) is 10.1. The summed E-state index contributed by atoms with van der Waals surface area (Å²) in [5, 5.41) is 16.9. The molecule has 4 N–H and O–H groups in total. The van der Waals surface area contributed by atoms with Gasteiger partial charge in [0.2, 0.25) is 0 Å². The molecule has 0 spiro atoms. The van der Waals surface area contributed by atoms with E-state index < -0.39 is 12.0 Å². The second-order valence-electron chi connectivity index (χ2n) is 2.39. The van der Waals surface area contributed by atoms with Gasteiger partial charge in [0.1, 0.15) is 6.04 Å². The lowest BCUT2D eigenvalue weighted by atomic mass is 10.1. The van der Waals surface area contributed by atoms with Gasteiger partial charge >= 0.3 is 5.97 Å². The molecule has 0 aliphatic heterocycles. The first-order valence-electron chi connectivity index (χ1n) is 3.32. The number of aliphatic hydroxyl groups is 1. The van der Waals surface area contributed by atoms with E-state index in [9.17, 15) is 4.79 Å². The second-order valence-corrected chi connectivity index (χ2v) is 2.39. The van der Waals surface area contributed by atoms with E-state index >= 15 is 0 Å². The number of hydrogen-bond donors (Lipinski definition) is 3. The topological polar surface area (TPSA) is 83.6 Å². The van der Waals surface area contributed by atoms with Crippen molar-refractivity contribution in [1.82, 2.24) is 0 Å². The Balaban J connectivity index is 3.78. The third-order valence-corrected chi connectivity index (χ3v) is 1.29. The zero-order valence-corrected chi connectivity index (χ0v) is 6.45. The van der Waals surface area contributed by atoms with E-state index in [0.29, 0.717) is 0 Å². The summed E-state index contributed by atoms with van der Waals surface area (Å²) in [7, 11) is 0. The minimum atomic E-state index is -1.02. The summed E-state index contributed by atoms with van der Waals surface area (Å²) < 4.78 is 0. The number of carbonyl (C=O) groups is 1. The Morgan fingerprint density at radius 1 is 1.73 bits per heavy atom. The van der Waals surface area contributed by atoms with Crippen LogP contribution in [0.25, 0.3) is 0 Å². The molecule has 1 atom stereocenters. The molecule has 64 valence electrons. The molecule has 0 heterocycles. The third-order valence-electron chi connectivity index (χ3n) is 1.29. The molecule has 0 aromatic rings. The molecule has 0 fully saturated rings. The van der Waals surface area contributed by atoms with Gasteiger partial charge in [0, 0.05) is 0 Å². The summed E-state index contributed by atoms with van der Waals surface area (Å²) in [6.07, 6.45) is 1.89. The summed E-state index contributed by atoms with van der Waals surface area (Å²) in [6.45, 7) is 1.67. The van der Waals surface area contributed by atoms with Crippen molar-refractivity contribution >= 4 is 5.97 Å². The lowest BCUT2D eigenvalue weighted by Crippen LogP contribution is -2.29. The summed E-state index contributed by atoms with van der Waals surface area (Å²) in [5.41, 5.74) is 5.93. The average molecular weight is 159 g/mol. The predicted molar refractivity (Wildman–Crippen MR) is 41.1 cm³/mol. The molecule has 0 saturated carbocycles. The van der Waals surface area contributed by atoms with Crippen LogP contribution in [-0.4, -0.2) is 28.8 Å². The van der Waals surface area contributed by atoms with Crippen LogP contribution in [-0.2, 0) is 4.79 Å². The standard InChI is InChI=1S/C7H13NO3/c1-5(4-9)2-3-6(8)7(10)11/h2,6,9H,3-4,8H2,1H3,(H,10,11)/t6-/m0/s1. The van der Waals surface area contributed by atoms with Crippen LogP contribution in [0.2, 0.25) is 0 Å². The maximum atomic E-state index is 10.2. The van der Waals surface area contributed by atoms with Crippen molar-refractivity contribution < 1.29 is 15.0 Å². The summed E-state index contributed by atoms with van der Waals surface area (Å²) in [4.78, 5) is 10.2. The van der Waals surface area contributed by atoms with Crippen LogP contribution in [0.1, 0.15) is 13.3 Å². The zero-order chi connectivity index (χ0) is 8.85. The van der Waals surface area contributed by atoms with Gasteiger partial charge in [0.05, 0.1) is 6.61 Å². The van der Waals surface area contributed by atoms with E-state index in [1.54, 1.807) is 13.0 Å². The van der Waals surface area contributed by atoms with Crippen LogP contribution in [0, 0.1) is 0 Å². The monoisotopic (exact) mass is 159 g/mol. The highest BCUT2D eigenvalue weighted by atomic mass is 16.4. The number of rotatable bonds is 4. The summed E-state index contributed by atoms with van der Waals surface area (Å²) in [5.74, 6) is -1.02. The molecule has 0 bridgehead atoms. The van der Waals surface area contributed by atoms with Gasteiger partial charge in [-0.1, -0.05) is 11.6 Å². The smallest absolute Gasteiger partial charge is 0.320 e. The maximum absolute atomic E-state index is 10.2. The third kappa shape index (κ3) is 4.52. The minimum Gasteiger partial charge on any atom is -0.480 e. The SMILES string of the molecule is CC(=CC[C@H](N)C(=O)O)CO. The Morgan fingerprint density at radius 2 is 2.27 bits per heavy atom. The lowest BCUT2D eigenvalue weighted by Gasteiger charge is -2.01.